The Morgan fingerprint density at radius 2 is 0.857 bits per heavy atom. The van der Waals surface area contributed by atoms with Gasteiger partial charge in [-0.2, -0.15) is 0 Å². The molecule has 7 heavy (non-hydrogen) atoms. The molecule has 0 aliphatic heterocycles. The van der Waals surface area contributed by atoms with E-state index >= 15 is 0 Å². The van der Waals surface area contributed by atoms with Crippen molar-refractivity contribution in [1.29, 1.82) is 0 Å². The second kappa shape index (κ2) is 23.0. The van der Waals surface area contributed by atoms with Gasteiger partial charge >= 0.3 is 0 Å². The molecule has 0 atom stereocenters. The minimum Gasteiger partial charge on any atom is -0.0654 e. The van der Waals surface area contributed by atoms with Crippen LogP contribution in [0.2, 0.25) is 0 Å². The fraction of sp³-hybridized carbons (Fsp3) is 1.00. The van der Waals surface area contributed by atoms with Crippen LogP contribution >= 0.6 is 0 Å². The fourth-order valence-electron chi connectivity index (χ4n) is 0. The quantitative estimate of drug-likeness (QED) is 0.454. The average Bonchev–Trinajstić information content (AvgIpc) is 1.37. The van der Waals surface area contributed by atoms with Crippen LogP contribution in [0.25, 0.3) is 0 Å². The van der Waals surface area contributed by atoms with Gasteiger partial charge in [-0.15, -0.1) is 0 Å². The van der Waals surface area contributed by atoms with E-state index in [1.165, 1.54) is 12.8 Å². The second-order valence-electron chi connectivity index (χ2n) is 1.000. The van der Waals surface area contributed by atoms with E-state index in [0.29, 0.717) is 0 Å². The summed E-state index contributed by atoms with van der Waals surface area (Å²) in [5, 5.41) is 0. The Kier molecular flexibility index (Phi) is 74.1. The summed E-state index contributed by atoms with van der Waals surface area (Å²) in [6, 6.07) is 0. The normalized spacial score (nSPS) is 4.29. The van der Waals surface area contributed by atoms with Gasteiger partial charge in [0.1, 0.15) is 0 Å². The van der Waals surface area contributed by atoms with E-state index in [-0.39, 0.29) is 88.7 Å². The first-order valence-corrected chi connectivity index (χ1v) is 1.91. The molecule has 0 fully saturated rings. The molecule has 0 rings (SSSR count). The zero-order valence-electron chi connectivity index (χ0n) is 6.41. The van der Waals surface area contributed by atoms with E-state index in [4.69, 9.17) is 0 Å². The maximum absolute atomic E-state index is 2.18. The SMILES string of the molecule is CCCC.[Na].[Na].[Na]. The van der Waals surface area contributed by atoms with Crippen molar-refractivity contribution >= 4 is 88.7 Å². The van der Waals surface area contributed by atoms with Crippen LogP contribution in [0.4, 0.5) is 0 Å². The van der Waals surface area contributed by atoms with Gasteiger partial charge in [-0.3, -0.25) is 0 Å². The van der Waals surface area contributed by atoms with Crippen molar-refractivity contribution in [1.82, 2.24) is 0 Å². The zero-order chi connectivity index (χ0) is 3.41. The predicted octanol–water partition coefficient (Wildman–Crippen LogP) is 0.664. The molecule has 0 N–H and O–H groups in total. The van der Waals surface area contributed by atoms with E-state index in [2.05, 4.69) is 13.8 Å². The van der Waals surface area contributed by atoms with Crippen LogP contribution in [0.5, 0.6) is 0 Å². The predicted molar refractivity (Wildman–Crippen MR) is 37.8 cm³/mol. The maximum atomic E-state index is 2.18. The summed E-state index contributed by atoms with van der Waals surface area (Å²) < 4.78 is 0. The van der Waals surface area contributed by atoms with Crippen LogP contribution in [0.15, 0.2) is 0 Å². The molecule has 0 amide bonds. The topological polar surface area (TPSA) is 0 Å². The molecule has 0 aromatic rings. The van der Waals surface area contributed by atoms with Crippen molar-refractivity contribution in [3.05, 3.63) is 0 Å². The minimum atomic E-state index is 0. The Morgan fingerprint density at radius 3 is 0.857 bits per heavy atom. The van der Waals surface area contributed by atoms with Gasteiger partial charge in [-0.1, -0.05) is 26.7 Å². The smallest absolute Gasteiger partial charge is 0 e. The van der Waals surface area contributed by atoms with Crippen molar-refractivity contribution < 1.29 is 0 Å². The van der Waals surface area contributed by atoms with Gasteiger partial charge in [-0.25, -0.2) is 0 Å². The first-order valence-electron chi connectivity index (χ1n) is 1.91. The zero-order valence-corrected chi connectivity index (χ0v) is 12.4. The van der Waals surface area contributed by atoms with Gasteiger partial charge in [0.05, 0.1) is 0 Å². The molecular weight excluding hydrogens is 117 g/mol. The summed E-state index contributed by atoms with van der Waals surface area (Å²) in [6.45, 7) is 4.36. The molecule has 0 aliphatic rings. The van der Waals surface area contributed by atoms with E-state index in [9.17, 15) is 0 Å². The van der Waals surface area contributed by atoms with Gasteiger partial charge in [0, 0.05) is 88.7 Å². The molecule has 29 valence electrons. The van der Waals surface area contributed by atoms with Gasteiger partial charge in [0.15, 0.2) is 0 Å². The van der Waals surface area contributed by atoms with Gasteiger partial charge < -0.3 is 0 Å². The van der Waals surface area contributed by atoms with Crippen molar-refractivity contribution in [2.45, 2.75) is 26.7 Å². The average molecular weight is 127 g/mol. The fourth-order valence-corrected chi connectivity index (χ4v) is 0. The molecule has 3 radical (unpaired) electrons. The van der Waals surface area contributed by atoms with Crippen LogP contribution in [-0.2, 0) is 0 Å². The Labute approximate surface area is 113 Å². The Morgan fingerprint density at radius 1 is 0.714 bits per heavy atom. The van der Waals surface area contributed by atoms with E-state index in [1.807, 2.05) is 0 Å². The number of rotatable bonds is 1. The Balaban J connectivity index is -0.0000000150. The second-order valence-corrected chi connectivity index (χ2v) is 1.000. The largest absolute Gasteiger partial charge is 0.0654 e. The first kappa shape index (κ1) is 22.5. The number of unbranched alkanes of at least 4 members (excludes halogenated alkanes) is 1. The number of hydrogen-bond donors (Lipinski definition) is 0. The van der Waals surface area contributed by atoms with Crippen LogP contribution in [0.3, 0.4) is 0 Å². The third-order valence-corrected chi connectivity index (χ3v) is 0.500. The summed E-state index contributed by atoms with van der Waals surface area (Å²) in [7, 11) is 0. The third-order valence-electron chi connectivity index (χ3n) is 0.500. The summed E-state index contributed by atoms with van der Waals surface area (Å²) >= 11 is 0. The van der Waals surface area contributed by atoms with E-state index < -0.39 is 0 Å². The molecule has 0 aliphatic carbocycles. The summed E-state index contributed by atoms with van der Waals surface area (Å²) in [4.78, 5) is 0. The van der Waals surface area contributed by atoms with Crippen molar-refractivity contribution in [3.63, 3.8) is 0 Å². The third kappa shape index (κ3) is 27.6. The van der Waals surface area contributed by atoms with Gasteiger partial charge in [0.2, 0.25) is 0 Å². The molecule has 0 heterocycles. The molecule has 0 bridgehead atoms. The van der Waals surface area contributed by atoms with Crippen LogP contribution in [0.1, 0.15) is 26.7 Å². The Bertz CT molecular complexity index is 8.90. The molecule has 0 saturated carbocycles. The standard InChI is InChI=1S/C4H10.3Na/c1-3-4-2;;;/h3-4H2,1-2H3;;;. The minimum absolute atomic E-state index is 0. The molecular formula is C4H10Na3. The molecule has 0 nitrogen and oxygen atoms in total. The first-order chi connectivity index (χ1) is 1.91. The van der Waals surface area contributed by atoms with Crippen LogP contribution < -0.4 is 0 Å². The monoisotopic (exact) mass is 127 g/mol. The molecule has 3 heteroatoms. The van der Waals surface area contributed by atoms with Crippen molar-refractivity contribution in [2.24, 2.45) is 0 Å². The maximum Gasteiger partial charge on any atom is 0 e. The molecule has 0 aromatic carbocycles. The van der Waals surface area contributed by atoms with Crippen LogP contribution in [-0.4, -0.2) is 88.7 Å². The van der Waals surface area contributed by atoms with Crippen LogP contribution in [0, 0.1) is 0 Å². The molecule has 0 unspecified atom stereocenters. The Hall–Kier alpha value is 3.00. The summed E-state index contributed by atoms with van der Waals surface area (Å²) in [6.07, 6.45) is 2.64. The van der Waals surface area contributed by atoms with E-state index in [1.54, 1.807) is 0 Å². The molecule has 0 saturated heterocycles. The van der Waals surface area contributed by atoms with Gasteiger partial charge in [-0.05, 0) is 0 Å². The van der Waals surface area contributed by atoms with Gasteiger partial charge in [0.25, 0.3) is 0 Å². The van der Waals surface area contributed by atoms with Crippen molar-refractivity contribution in [3.8, 4) is 0 Å². The van der Waals surface area contributed by atoms with Crippen molar-refractivity contribution in [2.75, 3.05) is 0 Å². The summed E-state index contributed by atoms with van der Waals surface area (Å²) in [5.74, 6) is 0. The number of hydrogen-bond acceptors (Lipinski definition) is 0. The molecule has 0 aromatic heterocycles. The molecule has 0 spiro atoms. The van der Waals surface area contributed by atoms with E-state index in [0.717, 1.165) is 0 Å². The summed E-state index contributed by atoms with van der Waals surface area (Å²) in [5.41, 5.74) is 0.